The smallest absolute Gasteiger partial charge is 0.237 e. The van der Waals surface area contributed by atoms with Gasteiger partial charge in [-0.3, -0.25) is 4.79 Å². The topological polar surface area (TPSA) is 73.6 Å². The van der Waals surface area contributed by atoms with Gasteiger partial charge in [-0.15, -0.1) is 0 Å². The number of hydrogen-bond acceptors (Lipinski definition) is 4. The molecule has 0 aliphatic carbocycles. The molecule has 0 aromatic heterocycles. The summed E-state index contributed by atoms with van der Waals surface area (Å²) in [6.45, 7) is 4.96. The van der Waals surface area contributed by atoms with Crippen LogP contribution in [0.25, 0.3) is 0 Å². The lowest BCUT2D eigenvalue weighted by molar-refractivity contribution is -0.123. The van der Waals surface area contributed by atoms with Crippen molar-refractivity contribution < 1.29 is 14.3 Å². The summed E-state index contributed by atoms with van der Waals surface area (Å²) in [6.07, 6.45) is 0.563. The van der Waals surface area contributed by atoms with Crippen LogP contribution in [0.5, 0.6) is 0 Å². The Balaban J connectivity index is 3.86. The third-order valence-corrected chi connectivity index (χ3v) is 2.25. The van der Waals surface area contributed by atoms with E-state index in [9.17, 15) is 4.79 Å². The van der Waals surface area contributed by atoms with E-state index in [0.29, 0.717) is 25.5 Å². The average molecular weight is 232 g/mol. The van der Waals surface area contributed by atoms with Crippen LogP contribution in [-0.2, 0) is 14.3 Å². The summed E-state index contributed by atoms with van der Waals surface area (Å²) in [5, 5.41) is 2.75. The molecular weight excluding hydrogens is 208 g/mol. The van der Waals surface area contributed by atoms with E-state index in [1.54, 1.807) is 14.2 Å². The van der Waals surface area contributed by atoms with Gasteiger partial charge in [-0.2, -0.15) is 0 Å². The van der Waals surface area contributed by atoms with Crippen LogP contribution in [0.3, 0.4) is 0 Å². The second-order valence-electron chi connectivity index (χ2n) is 4.29. The number of amides is 1. The first-order valence-electron chi connectivity index (χ1n) is 5.56. The molecule has 5 nitrogen and oxygen atoms in total. The lowest BCUT2D eigenvalue weighted by Gasteiger charge is -2.18. The van der Waals surface area contributed by atoms with Crippen molar-refractivity contribution in [2.24, 2.45) is 11.7 Å². The minimum atomic E-state index is -0.444. The predicted molar refractivity (Wildman–Crippen MR) is 63.1 cm³/mol. The standard InChI is InChI=1S/C11H24N2O3/c1-8(2)5-10(12)11(14)13-6-9(16-4)7-15-3/h8-10H,5-7,12H2,1-4H3,(H,13,14)/t9?,10-/m0/s1. The van der Waals surface area contributed by atoms with Gasteiger partial charge in [-0.25, -0.2) is 0 Å². The maximum atomic E-state index is 11.6. The summed E-state index contributed by atoms with van der Waals surface area (Å²) in [6, 6.07) is -0.444. The molecule has 0 spiro atoms. The molecule has 0 aromatic rings. The fourth-order valence-electron chi connectivity index (χ4n) is 1.36. The largest absolute Gasteiger partial charge is 0.382 e. The molecule has 1 amide bonds. The molecule has 0 rings (SSSR count). The second-order valence-corrected chi connectivity index (χ2v) is 4.29. The Labute approximate surface area is 97.7 Å². The molecular formula is C11H24N2O3. The van der Waals surface area contributed by atoms with Crippen molar-refractivity contribution in [2.75, 3.05) is 27.4 Å². The van der Waals surface area contributed by atoms with Crippen LogP contribution < -0.4 is 11.1 Å². The van der Waals surface area contributed by atoms with Crippen LogP contribution in [0.2, 0.25) is 0 Å². The summed E-state index contributed by atoms with van der Waals surface area (Å²) in [4.78, 5) is 11.6. The van der Waals surface area contributed by atoms with Gasteiger partial charge in [-0.1, -0.05) is 13.8 Å². The van der Waals surface area contributed by atoms with Crippen molar-refractivity contribution in [2.45, 2.75) is 32.4 Å². The molecule has 2 atom stereocenters. The average Bonchev–Trinajstić information content (AvgIpc) is 2.22. The van der Waals surface area contributed by atoms with Gasteiger partial charge in [-0.05, 0) is 12.3 Å². The Morgan fingerprint density at radius 1 is 1.38 bits per heavy atom. The molecule has 0 radical (unpaired) electrons. The molecule has 0 saturated heterocycles. The molecule has 0 aromatic carbocycles. The van der Waals surface area contributed by atoms with E-state index in [2.05, 4.69) is 5.32 Å². The van der Waals surface area contributed by atoms with Crippen LogP contribution in [0.4, 0.5) is 0 Å². The number of nitrogens with two attached hydrogens (primary N) is 1. The van der Waals surface area contributed by atoms with Gasteiger partial charge in [0.2, 0.25) is 5.91 Å². The number of carbonyl (C=O) groups excluding carboxylic acids is 1. The van der Waals surface area contributed by atoms with Gasteiger partial charge in [0.05, 0.1) is 18.8 Å². The summed E-state index contributed by atoms with van der Waals surface area (Å²) in [5.74, 6) is 0.282. The lowest BCUT2D eigenvalue weighted by atomic mass is 10.0. The molecule has 0 bridgehead atoms. The maximum Gasteiger partial charge on any atom is 0.237 e. The number of ether oxygens (including phenoxy) is 2. The van der Waals surface area contributed by atoms with Crippen molar-refractivity contribution in [3.63, 3.8) is 0 Å². The highest BCUT2D eigenvalue weighted by Gasteiger charge is 2.16. The van der Waals surface area contributed by atoms with Gasteiger partial charge in [0.1, 0.15) is 0 Å². The SMILES string of the molecule is COCC(CNC(=O)[C@@H](N)CC(C)C)OC. The number of methoxy groups -OCH3 is 2. The summed E-state index contributed by atoms with van der Waals surface area (Å²) in [7, 11) is 3.18. The zero-order valence-corrected chi connectivity index (χ0v) is 10.7. The highest BCUT2D eigenvalue weighted by Crippen LogP contribution is 2.02. The molecule has 3 N–H and O–H groups in total. The minimum Gasteiger partial charge on any atom is -0.382 e. The first kappa shape index (κ1) is 15.3. The minimum absolute atomic E-state index is 0.125. The molecule has 96 valence electrons. The highest BCUT2D eigenvalue weighted by atomic mass is 16.5. The Hall–Kier alpha value is -0.650. The summed E-state index contributed by atoms with van der Waals surface area (Å²) < 4.78 is 10.1. The van der Waals surface area contributed by atoms with E-state index in [0.717, 1.165) is 0 Å². The Morgan fingerprint density at radius 2 is 2.00 bits per heavy atom. The quantitative estimate of drug-likeness (QED) is 0.624. The fourth-order valence-corrected chi connectivity index (χ4v) is 1.36. The molecule has 0 aliphatic rings. The van der Waals surface area contributed by atoms with Crippen LogP contribution in [0.15, 0.2) is 0 Å². The van der Waals surface area contributed by atoms with Crippen molar-refractivity contribution >= 4 is 5.91 Å². The molecule has 0 heterocycles. The van der Waals surface area contributed by atoms with Gasteiger partial charge in [0.15, 0.2) is 0 Å². The summed E-state index contributed by atoms with van der Waals surface area (Å²) in [5.41, 5.74) is 5.74. The van der Waals surface area contributed by atoms with Crippen LogP contribution in [0, 0.1) is 5.92 Å². The van der Waals surface area contributed by atoms with Gasteiger partial charge < -0.3 is 20.5 Å². The molecule has 5 heteroatoms. The number of rotatable bonds is 8. The Bertz CT molecular complexity index is 198. The first-order chi connectivity index (χ1) is 7.51. The lowest BCUT2D eigenvalue weighted by Crippen LogP contribution is -2.45. The van der Waals surface area contributed by atoms with E-state index in [1.165, 1.54) is 0 Å². The Kier molecular flexibility index (Phi) is 8.15. The van der Waals surface area contributed by atoms with Gasteiger partial charge in [0, 0.05) is 20.8 Å². The maximum absolute atomic E-state index is 11.6. The zero-order valence-electron chi connectivity index (χ0n) is 10.7. The zero-order chi connectivity index (χ0) is 12.6. The van der Waals surface area contributed by atoms with Gasteiger partial charge >= 0.3 is 0 Å². The monoisotopic (exact) mass is 232 g/mol. The third-order valence-electron chi connectivity index (χ3n) is 2.25. The van der Waals surface area contributed by atoms with Crippen molar-refractivity contribution in [1.29, 1.82) is 0 Å². The molecule has 16 heavy (non-hydrogen) atoms. The highest BCUT2D eigenvalue weighted by molar-refractivity contribution is 5.81. The van der Waals surface area contributed by atoms with Crippen molar-refractivity contribution in [1.82, 2.24) is 5.32 Å². The van der Waals surface area contributed by atoms with E-state index < -0.39 is 6.04 Å². The first-order valence-corrected chi connectivity index (χ1v) is 5.56. The number of carbonyl (C=O) groups is 1. The molecule has 0 aliphatic heterocycles. The van der Waals surface area contributed by atoms with E-state index in [1.807, 2.05) is 13.8 Å². The third kappa shape index (κ3) is 6.76. The van der Waals surface area contributed by atoms with Crippen molar-refractivity contribution in [3.05, 3.63) is 0 Å². The number of nitrogens with one attached hydrogen (secondary N) is 1. The van der Waals surface area contributed by atoms with Crippen molar-refractivity contribution in [3.8, 4) is 0 Å². The van der Waals surface area contributed by atoms with E-state index in [4.69, 9.17) is 15.2 Å². The van der Waals surface area contributed by atoms with Crippen LogP contribution >= 0.6 is 0 Å². The van der Waals surface area contributed by atoms with E-state index >= 15 is 0 Å². The molecule has 0 saturated carbocycles. The molecule has 0 fully saturated rings. The normalized spacial score (nSPS) is 14.9. The van der Waals surface area contributed by atoms with Crippen LogP contribution in [0.1, 0.15) is 20.3 Å². The van der Waals surface area contributed by atoms with Gasteiger partial charge in [0.25, 0.3) is 0 Å². The predicted octanol–water partition coefficient (Wildman–Crippen LogP) is 0.137. The van der Waals surface area contributed by atoms with E-state index in [-0.39, 0.29) is 12.0 Å². The summed E-state index contributed by atoms with van der Waals surface area (Å²) >= 11 is 0. The number of hydrogen-bond donors (Lipinski definition) is 2. The van der Waals surface area contributed by atoms with Crippen LogP contribution in [-0.4, -0.2) is 45.4 Å². The second kappa shape index (κ2) is 8.50. The fraction of sp³-hybridized carbons (Fsp3) is 0.909. The molecule has 1 unspecified atom stereocenters. The Morgan fingerprint density at radius 3 is 2.44 bits per heavy atom.